The molecule has 5 nitrogen and oxygen atoms in total. The zero-order valence-corrected chi connectivity index (χ0v) is 29.8. The Balaban J connectivity index is 0.00000348. The van der Waals surface area contributed by atoms with E-state index in [0.717, 1.165) is 51.3 Å². The fraction of sp³-hybridized carbons (Fsp3) is 0.163. The molecule has 2 atom stereocenters. The second kappa shape index (κ2) is 12.2. The minimum atomic E-state index is 0. The Labute approximate surface area is 301 Å². The Bertz CT molecular complexity index is 2350. The standard InChI is InChI=1S/C43H34N4O.Pt/c1-43(2,3)30-18-20-31(21-19-30)46(32-13-10-12-29(25-32)42-45-41-34-14-5-4-11-28(34)26-39(41)48-42)33-22-23-36-35-15-6-7-16-37(35)47(38(36)27-33)40-17-8-9-24-44-40;/h4-24,39,41H,26H2,1-3H3;/q-2;+2/t39-,41+;/m1./s1. The van der Waals surface area contributed by atoms with E-state index in [2.05, 4.69) is 139 Å². The molecule has 0 spiro atoms. The van der Waals surface area contributed by atoms with Crippen LogP contribution >= 0.6 is 0 Å². The van der Waals surface area contributed by atoms with Crippen LogP contribution in [0.15, 0.2) is 133 Å². The van der Waals surface area contributed by atoms with Gasteiger partial charge in [-0.15, -0.1) is 41.8 Å². The third-order valence-corrected chi connectivity index (χ3v) is 9.60. The van der Waals surface area contributed by atoms with Gasteiger partial charge in [0.15, 0.2) is 0 Å². The molecule has 2 aromatic heterocycles. The van der Waals surface area contributed by atoms with Gasteiger partial charge in [-0.2, -0.15) is 6.07 Å². The van der Waals surface area contributed by atoms with E-state index >= 15 is 0 Å². The van der Waals surface area contributed by atoms with Crippen LogP contribution in [0.5, 0.6) is 0 Å². The summed E-state index contributed by atoms with van der Waals surface area (Å²) >= 11 is 0. The number of ether oxygens (including phenoxy) is 1. The number of hydrogen-bond donors (Lipinski definition) is 0. The van der Waals surface area contributed by atoms with Crippen molar-refractivity contribution in [1.82, 2.24) is 9.55 Å². The molecule has 1 aliphatic carbocycles. The molecule has 49 heavy (non-hydrogen) atoms. The van der Waals surface area contributed by atoms with Gasteiger partial charge in [0.1, 0.15) is 23.9 Å². The molecule has 9 rings (SSSR count). The average molecular weight is 818 g/mol. The fourth-order valence-corrected chi connectivity index (χ4v) is 7.20. The second-order valence-corrected chi connectivity index (χ2v) is 13.7. The first-order valence-corrected chi connectivity index (χ1v) is 16.5. The van der Waals surface area contributed by atoms with Crippen LogP contribution in [0.4, 0.5) is 17.1 Å². The monoisotopic (exact) mass is 817 g/mol. The van der Waals surface area contributed by atoms with Crippen LogP contribution < -0.4 is 4.90 Å². The van der Waals surface area contributed by atoms with E-state index in [1.807, 2.05) is 30.5 Å². The quantitative estimate of drug-likeness (QED) is 0.163. The predicted octanol–water partition coefficient (Wildman–Crippen LogP) is 9.99. The SMILES string of the molecule is CC(C)(C)c1ccc(N(c2[c-]c(C3=N[C@H]4c5ccccc5C[C@H]4O3)ccc2)c2[c-]c3c(cc2)c2ccccc2n3-c2ccccn2)cc1.[Pt+2]. The van der Waals surface area contributed by atoms with Crippen LogP contribution in [-0.4, -0.2) is 21.6 Å². The van der Waals surface area contributed by atoms with E-state index in [1.54, 1.807) is 0 Å². The van der Waals surface area contributed by atoms with Gasteiger partial charge in [-0.3, -0.25) is 4.99 Å². The van der Waals surface area contributed by atoms with Crippen LogP contribution in [0.1, 0.15) is 49.1 Å². The van der Waals surface area contributed by atoms with Crippen LogP contribution in [-0.2, 0) is 37.6 Å². The molecule has 0 N–H and O–H groups in total. The summed E-state index contributed by atoms with van der Waals surface area (Å²) in [6, 6.07) is 50.0. The van der Waals surface area contributed by atoms with Crippen molar-refractivity contribution in [2.24, 2.45) is 4.99 Å². The van der Waals surface area contributed by atoms with Gasteiger partial charge in [-0.25, -0.2) is 4.98 Å². The average Bonchev–Trinajstić information content (AvgIpc) is 3.78. The van der Waals surface area contributed by atoms with Gasteiger partial charge in [0.05, 0.1) is 0 Å². The summed E-state index contributed by atoms with van der Waals surface area (Å²) in [5, 5.41) is 2.29. The summed E-state index contributed by atoms with van der Waals surface area (Å²) in [6.07, 6.45) is 2.74. The summed E-state index contributed by atoms with van der Waals surface area (Å²) in [4.78, 5) is 12.0. The Morgan fingerprint density at radius 3 is 2.35 bits per heavy atom. The molecule has 5 aromatic carbocycles. The maximum Gasteiger partial charge on any atom is 2.00 e. The van der Waals surface area contributed by atoms with Gasteiger partial charge in [0, 0.05) is 23.8 Å². The van der Waals surface area contributed by atoms with Crippen molar-refractivity contribution in [3.63, 3.8) is 0 Å². The second-order valence-electron chi connectivity index (χ2n) is 13.7. The van der Waals surface area contributed by atoms with Gasteiger partial charge >= 0.3 is 21.1 Å². The molecular weight excluding hydrogens is 784 g/mol. The van der Waals surface area contributed by atoms with Crippen LogP contribution in [0.25, 0.3) is 27.6 Å². The van der Waals surface area contributed by atoms with E-state index in [0.29, 0.717) is 5.90 Å². The van der Waals surface area contributed by atoms with Crippen molar-refractivity contribution in [2.45, 2.75) is 44.8 Å². The third-order valence-electron chi connectivity index (χ3n) is 9.60. The minimum absolute atomic E-state index is 0. The zero-order chi connectivity index (χ0) is 32.4. The fourth-order valence-electron chi connectivity index (χ4n) is 7.20. The zero-order valence-electron chi connectivity index (χ0n) is 27.5. The Hall–Kier alpha value is -4.99. The molecular formula is C43H34N4OPt. The maximum atomic E-state index is 6.49. The number of anilines is 3. The third kappa shape index (κ3) is 5.37. The number of nitrogens with zero attached hydrogens (tertiary/aromatic N) is 4. The molecule has 6 heteroatoms. The molecule has 242 valence electrons. The molecule has 0 bridgehead atoms. The Morgan fingerprint density at radius 2 is 1.53 bits per heavy atom. The molecule has 2 aliphatic rings. The molecule has 7 aromatic rings. The van der Waals surface area contributed by atoms with Gasteiger partial charge < -0.3 is 14.2 Å². The van der Waals surface area contributed by atoms with Crippen molar-refractivity contribution >= 4 is 44.8 Å². The van der Waals surface area contributed by atoms with Crippen LogP contribution in [0.3, 0.4) is 0 Å². The first-order chi connectivity index (χ1) is 23.4. The number of hydrogen-bond acceptors (Lipinski definition) is 4. The topological polar surface area (TPSA) is 42.6 Å². The largest absolute Gasteiger partial charge is 2.00 e. The maximum absolute atomic E-state index is 6.49. The van der Waals surface area contributed by atoms with Crippen LogP contribution in [0.2, 0.25) is 0 Å². The molecule has 0 saturated carbocycles. The van der Waals surface area contributed by atoms with E-state index in [1.165, 1.54) is 22.1 Å². The summed E-state index contributed by atoms with van der Waals surface area (Å²) in [5.41, 5.74) is 9.63. The molecule has 3 heterocycles. The van der Waals surface area contributed by atoms with Crippen molar-refractivity contribution in [2.75, 3.05) is 4.90 Å². The number of aromatic nitrogens is 2. The van der Waals surface area contributed by atoms with Gasteiger partial charge in [-0.05, 0) is 63.5 Å². The summed E-state index contributed by atoms with van der Waals surface area (Å²) in [6.45, 7) is 6.72. The number of aliphatic imine (C=N–C) groups is 1. The Kier molecular flexibility index (Phi) is 7.76. The van der Waals surface area contributed by atoms with Crippen molar-refractivity contribution < 1.29 is 25.8 Å². The molecule has 0 fully saturated rings. The minimum Gasteiger partial charge on any atom is -0.514 e. The van der Waals surface area contributed by atoms with Gasteiger partial charge in [-0.1, -0.05) is 98.2 Å². The first kappa shape index (κ1) is 31.3. The number of benzene rings is 5. The summed E-state index contributed by atoms with van der Waals surface area (Å²) < 4.78 is 8.69. The molecule has 0 amide bonds. The van der Waals surface area contributed by atoms with E-state index < -0.39 is 0 Å². The summed E-state index contributed by atoms with van der Waals surface area (Å²) in [5.74, 6) is 1.51. The van der Waals surface area contributed by atoms with Gasteiger partial charge in [0.2, 0.25) is 0 Å². The number of para-hydroxylation sites is 1. The van der Waals surface area contributed by atoms with Crippen molar-refractivity contribution in [1.29, 1.82) is 0 Å². The normalized spacial score (nSPS) is 16.5. The first-order valence-electron chi connectivity index (χ1n) is 16.5. The van der Waals surface area contributed by atoms with Crippen molar-refractivity contribution in [3.8, 4) is 5.82 Å². The van der Waals surface area contributed by atoms with E-state index in [4.69, 9.17) is 14.7 Å². The molecule has 0 saturated heterocycles. The summed E-state index contributed by atoms with van der Waals surface area (Å²) in [7, 11) is 0. The van der Waals surface area contributed by atoms with Crippen molar-refractivity contribution in [3.05, 3.63) is 162 Å². The van der Waals surface area contributed by atoms with Crippen LogP contribution in [0, 0.1) is 12.1 Å². The molecule has 0 unspecified atom stereocenters. The van der Waals surface area contributed by atoms with E-state index in [-0.39, 0.29) is 38.6 Å². The predicted molar refractivity (Wildman–Crippen MR) is 194 cm³/mol. The number of fused-ring (bicyclic) bond motifs is 6. The van der Waals surface area contributed by atoms with E-state index in [9.17, 15) is 0 Å². The number of rotatable bonds is 5. The molecule has 0 radical (unpaired) electrons. The molecule has 1 aliphatic heterocycles. The Morgan fingerprint density at radius 1 is 0.755 bits per heavy atom. The smallest absolute Gasteiger partial charge is 0.514 e. The van der Waals surface area contributed by atoms with Gasteiger partial charge in [0.25, 0.3) is 0 Å². The number of pyridine rings is 1.